The highest BCUT2D eigenvalue weighted by Crippen LogP contribution is 2.78. The van der Waals surface area contributed by atoms with Gasteiger partial charge in [-0.2, -0.15) is 13.2 Å². The number of carbonyl (C=O) groups is 2. The number of anilines is 1. The number of Topliss-reactive ketones (excluding diaryl/α,β-unsaturated/α-hetero) is 1. The Hall–Kier alpha value is -3.86. The van der Waals surface area contributed by atoms with Crippen molar-refractivity contribution in [2.24, 2.45) is 56.7 Å². The molecule has 0 aliphatic heterocycles. The van der Waals surface area contributed by atoms with Crippen molar-refractivity contribution in [2.75, 3.05) is 18.4 Å². The van der Waals surface area contributed by atoms with Gasteiger partial charge in [-0.15, -0.1) is 0 Å². The molecule has 9 aliphatic rings. The van der Waals surface area contributed by atoms with Crippen LogP contribution in [-0.4, -0.2) is 51.7 Å². The Labute approximate surface area is 367 Å². The molecule has 2 aromatic carbocycles. The van der Waals surface area contributed by atoms with Gasteiger partial charge in [-0.25, -0.2) is 4.79 Å². The lowest BCUT2D eigenvalue weighted by Crippen LogP contribution is -2.67. The number of alkyl halides is 3. The Balaban J connectivity index is 1.02. The number of aliphatic hydroxyl groups excluding tert-OH is 1. The van der Waals surface area contributed by atoms with E-state index >= 15 is 4.79 Å². The maximum Gasteiger partial charge on any atom is 0.416 e. The summed E-state index contributed by atoms with van der Waals surface area (Å²) >= 11 is 6.43. The number of ketones is 1. The van der Waals surface area contributed by atoms with Gasteiger partial charge in [-0.3, -0.25) is 4.79 Å². The van der Waals surface area contributed by atoms with E-state index < -0.39 is 39.7 Å². The Bertz CT molecular complexity index is 2370. The van der Waals surface area contributed by atoms with Crippen LogP contribution in [0.3, 0.4) is 0 Å². The zero-order chi connectivity index (χ0) is 43.8. The van der Waals surface area contributed by atoms with Crippen LogP contribution in [0.25, 0.3) is 11.3 Å². The predicted octanol–water partition coefficient (Wildman–Crippen LogP) is 12.0. The second kappa shape index (κ2) is 14.1. The molecule has 0 saturated heterocycles. The van der Waals surface area contributed by atoms with E-state index in [1.165, 1.54) is 24.6 Å². The lowest BCUT2D eigenvalue weighted by Gasteiger charge is -2.71. The fourth-order valence-electron chi connectivity index (χ4n) is 14.9. The van der Waals surface area contributed by atoms with Crippen LogP contribution in [0.2, 0.25) is 5.02 Å². The highest BCUT2D eigenvalue weighted by molar-refractivity contribution is 6.33. The monoisotopic (exact) mass is 870 g/mol. The normalized spacial score (nSPS) is 38.6. The standard InChI is InChI=1S/C51H58ClF3N2O5/c1-45(2)31-11-10-30(36(45)25-31)28-57(44(60)56-33-8-6-5-7-9-33)29-49(61)21-18-42-47(49,4)20-17-41-46(3)19-16-34(58)26-48(46)22-23-50(41,42)37(27-48)43(59)40-15-14-39(62-40)35-24-32(51(53,54)55)12-13-38(35)52/h5-9,12-15,22-24,27,30-31,34,36,41-42,58,61H,10-11,16-21,25-26,28-29H2,1-4H3,(H,56,60)/t30-,31-,34?,36-,41+,42+,46+,47-,48-,49+,50+/m0/s1. The molecule has 6 fully saturated rings. The van der Waals surface area contributed by atoms with Gasteiger partial charge in [0.15, 0.2) is 5.76 Å². The topological polar surface area (TPSA) is 103 Å². The van der Waals surface area contributed by atoms with Crippen LogP contribution in [0.1, 0.15) is 108 Å². The third-order valence-electron chi connectivity index (χ3n) is 18.6. The molecule has 3 aromatic rings. The smallest absolute Gasteiger partial charge is 0.416 e. The van der Waals surface area contributed by atoms with Crippen molar-refractivity contribution >= 4 is 29.1 Å². The first kappa shape index (κ1) is 42.1. The molecule has 1 aromatic heterocycles. The van der Waals surface area contributed by atoms with Gasteiger partial charge in [0.1, 0.15) is 5.76 Å². The Morgan fingerprint density at radius 3 is 2.35 bits per heavy atom. The van der Waals surface area contributed by atoms with Crippen molar-refractivity contribution in [1.29, 1.82) is 0 Å². The van der Waals surface area contributed by atoms with Crippen LogP contribution < -0.4 is 5.32 Å². The molecule has 62 heavy (non-hydrogen) atoms. The average molecular weight is 871 g/mol. The molecule has 11 atom stereocenters. The molecule has 330 valence electrons. The SMILES string of the molecule is CC1(C)[C@H]2CC[C@@H](CN(C[C@]3(O)CC[C@H]4[C@]56C=C[C@@]7(C=C5C(=O)c5ccc(-c8cc(C(F)(F)F)ccc8Cl)o5)CC(O)CC[C@]7(C)[C@H]6CC[C@@]43C)C(=O)Nc3ccccc3)[C@@H]1C2. The molecular formula is C51H58ClF3N2O5. The maximum absolute atomic E-state index is 15.3. The predicted molar refractivity (Wildman–Crippen MR) is 232 cm³/mol. The number of nitrogens with zero attached hydrogens (tertiary/aromatic N) is 1. The summed E-state index contributed by atoms with van der Waals surface area (Å²) in [6.07, 6.45) is 9.23. The fourth-order valence-corrected chi connectivity index (χ4v) is 15.2. The molecule has 6 saturated carbocycles. The van der Waals surface area contributed by atoms with Gasteiger partial charge in [-0.1, -0.05) is 75.7 Å². The quantitative estimate of drug-likeness (QED) is 0.155. The summed E-state index contributed by atoms with van der Waals surface area (Å²) in [4.78, 5) is 31.6. The van der Waals surface area contributed by atoms with E-state index in [2.05, 4.69) is 51.2 Å². The van der Waals surface area contributed by atoms with E-state index in [0.29, 0.717) is 67.7 Å². The zero-order valence-corrected chi connectivity index (χ0v) is 36.8. The van der Waals surface area contributed by atoms with E-state index in [0.717, 1.165) is 37.8 Å². The van der Waals surface area contributed by atoms with Crippen LogP contribution in [-0.2, 0) is 6.18 Å². The minimum Gasteiger partial charge on any atom is -0.453 e. The van der Waals surface area contributed by atoms with E-state index in [1.807, 2.05) is 35.2 Å². The molecule has 12 rings (SSSR count). The van der Waals surface area contributed by atoms with Gasteiger partial charge in [-0.05, 0) is 147 Å². The van der Waals surface area contributed by atoms with Crippen molar-refractivity contribution in [3.8, 4) is 11.3 Å². The number of para-hydroxylation sites is 1. The number of rotatable bonds is 8. The number of amides is 2. The average Bonchev–Trinajstić information content (AvgIpc) is 3.83. The maximum atomic E-state index is 15.3. The number of fused-ring (bicyclic) bond motifs is 3. The number of hydrogen-bond donors (Lipinski definition) is 3. The van der Waals surface area contributed by atoms with Crippen LogP contribution in [0.4, 0.5) is 23.7 Å². The van der Waals surface area contributed by atoms with Crippen LogP contribution in [0, 0.1) is 56.7 Å². The third kappa shape index (κ3) is 5.97. The molecule has 11 heteroatoms. The second-order valence-corrected chi connectivity index (χ2v) is 21.8. The molecule has 2 spiro atoms. The minimum absolute atomic E-state index is 0.00111. The lowest BCUT2D eigenvalue weighted by atomic mass is 9.32. The first-order valence-electron chi connectivity index (χ1n) is 22.7. The van der Waals surface area contributed by atoms with Gasteiger partial charge in [0, 0.05) is 39.6 Å². The molecule has 0 radical (unpaired) electrons. The summed E-state index contributed by atoms with van der Waals surface area (Å²) in [5.74, 6) is 1.09. The molecule has 1 heterocycles. The largest absolute Gasteiger partial charge is 0.453 e. The molecule has 2 amide bonds. The summed E-state index contributed by atoms with van der Waals surface area (Å²) in [6.45, 7) is 9.93. The molecule has 1 unspecified atom stereocenters. The van der Waals surface area contributed by atoms with E-state index in [9.17, 15) is 28.2 Å². The second-order valence-electron chi connectivity index (χ2n) is 21.4. The van der Waals surface area contributed by atoms with Crippen LogP contribution >= 0.6 is 11.6 Å². The van der Waals surface area contributed by atoms with Gasteiger partial charge in [0.25, 0.3) is 0 Å². The van der Waals surface area contributed by atoms with Gasteiger partial charge < -0.3 is 24.8 Å². The highest BCUT2D eigenvalue weighted by atomic mass is 35.5. The summed E-state index contributed by atoms with van der Waals surface area (Å²) < 4.78 is 47.5. The zero-order valence-electron chi connectivity index (χ0n) is 36.0. The Kier molecular flexibility index (Phi) is 9.56. The van der Waals surface area contributed by atoms with Crippen LogP contribution in [0.5, 0.6) is 0 Å². The van der Waals surface area contributed by atoms with Gasteiger partial charge in [0.05, 0.1) is 28.8 Å². The Morgan fingerprint density at radius 2 is 1.63 bits per heavy atom. The first-order chi connectivity index (χ1) is 29.2. The number of furan rings is 1. The number of benzene rings is 2. The van der Waals surface area contributed by atoms with E-state index in [1.54, 1.807) is 0 Å². The highest BCUT2D eigenvalue weighted by Gasteiger charge is 2.75. The number of carbonyl (C=O) groups excluding carboxylic acids is 2. The van der Waals surface area contributed by atoms with Crippen molar-refractivity contribution in [2.45, 2.75) is 110 Å². The van der Waals surface area contributed by atoms with Crippen LogP contribution in [0.15, 0.2) is 88.9 Å². The first-order valence-corrected chi connectivity index (χ1v) is 23.1. The third-order valence-corrected chi connectivity index (χ3v) is 18.9. The number of nitrogens with one attached hydrogen (secondary N) is 1. The number of halogens is 4. The van der Waals surface area contributed by atoms with Gasteiger partial charge in [0.2, 0.25) is 5.78 Å². The number of urea groups is 1. The van der Waals surface area contributed by atoms with Crippen molar-refractivity contribution in [3.05, 3.63) is 101 Å². The number of hydrogen-bond acceptors (Lipinski definition) is 5. The number of aliphatic hydroxyl groups is 2. The molecule has 3 N–H and O–H groups in total. The molecular weight excluding hydrogens is 813 g/mol. The lowest BCUT2D eigenvalue weighted by molar-refractivity contribution is -0.176. The minimum atomic E-state index is -4.60. The van der Waals surface area contributed by atoms with E-state index in [-0.39, 0.29) is 63.1 Å². The summed E-state index contributed by atoms with van der Waals surface area (Å²) in [5, 5.41) is 27.7. The molecule has 9 aliphatic carbocycles. The Morgan fingerprint density at radius 1 is 0.903 bits per heavy atom. The summed E-state index contributed by atoms with van der Waals surface area (Å²) in [7, 11) is 0. The molecule has 4 bridgehead atoms. The van der Waals surface area contributed by atoms with Gasteiger partial charge >= 0.3 is 12.2 Å². The van der Waals surface area contributed by atoms with Crippen molar-refractivity contribution < 1.29 is 37.4 Å². The number of allylic oxidation sites excluding steroid dienone is 4. The van der Waals surface area contributed by atoms with E-state index in [4.69, 9.17) is 16.0 Å². The summed E-state index contributed by atoms with van der Waals surface area (Å²) in [6, 6.07) is 15.3. The van der Waals surface area contributed by atoms with Crippen molar-refractivity contribution in [1.82, 2.24) is 4.90 Å². The summed E-state index contributed by atoms with van der Waals surface area (Å²) in [5.41, 5.74) is -2.99. The van der Waals surface area contributed by atoms with Crippen molar-refractivity contribution in [3.63, 3.8) is 0 Å². The fraction of sp³-hybridized carbons (Fsp3) is 0.569. The molecule has 7 nitrogen and oxygen atoms in total.